The van der Waals surface area contributed by atoms with Crippen LogP contribution in [0.2, 0.25) is 0 Å². The van der Waals surface area contributed by atoms with E-state index < -0.39 is 0 Å². The van der Waals surface area contributed by atoms with E-state index in [-0.39, 0.29) is 0 Å². The van der Waals surface area contributed by atoms with E-state index in [1.807, 2.05) is 0 Å². The van der Waals surface area contributed by atoms with Crippen molar-refractivity contribution in [2.24, 2.45) is 5.73 Å². The first kappa shape index (κ1) is 24.6. The van der Waals surface area contributed by atoms with E-state index in [1.165, 1.54) is 32.1 Å². The molecule has 1 aromatic rings. The van der Waals surface area contributed by atoms with Gasteiger partial charge in [0.2, 0.25) is 11.9 Å². The van der Waals surface area contributed by atoms with Crippen LogP contribution < -0.4 is 21.1 Å². The van der Waals surface area contributed by atoms with Crippen LogP contribution in [0, 0.1) is 0 Å². The topological polar surface area (TPSA) is 116 Å². The molecule has 0 radical (unpaired) electrons. The first-order valence-corrected chi connectivity index (χ1v) is 11.6. The molecule has 0 atom stereocenters. The summed E-state index contributed by atoms with van der Waals surface area (Å²) in [5, 5.41) is 6.72. The molecule has 0 aromatic carbocycles. The van der Waals surface area contributed by atoms with Crippen LogP contribution in [0.4, 0.5) is 11.9 Å². The lowest BCUT2D eigenvalue weighted by Gasteiger charge is -2.21. The monoisotopic (exact) mass is 424 g/mol. The second kappa shape index (κ2) is 16.0. The molecule has 0 saturated heterocycles. The van der Waals surface area contributed by atoms with E-state index >= 15 is 0 Å². The normalized spacial score (nSPS) is 15.4. The zero-order valence-electron chi connectivity index (χ0n) is 18.5. The Morgan fingerprint density at radius 1 is 0.867 bits per heavy atom. The van der Waals surface area contributed by atoms with Gasteiger partial charge in [0.15, 0.2) is 0 Å². The van der Waals surface area contributed by atoms with Crippen LogP contribution in [0.5, 0.6) is 6.01 Å². The van der Waals surface area contributed by atoms with E-state index in [0.29, 0.717) is 70.1 Å². The van der Waals surface area contributed by atoms with Crippen molar-refractivity contribution >= 4 is 11.9 Å². The van der Waals surface area contributed by atoms with Gasteiger partial charge in [0.1, 0.15) is 0 Å². The van der Waals surface area contributed by atoms with Crippen LogP contribution in [0.1, 0.15) is 64.7 Å². The van der Waals surface area contributed by atoms with Gasteiger partial charge in [-0.3, -0.25) is 0 Å². The molecule has 30 heavy (non-hydrogen) atoms. The van der Waals surface area contributed by atoms with Gasteiger partial charge in [0.05, 0.1) is 33.0 Å². The molecule has 0 spiro atoms. The van der Waals surface area contributed by atoms with Crippen LogP contribution in [-0.2, 0) is 9.47 Å². The van der Waals surface area contributed by atoms with Crippen molar-refractivity contribution in [1.29, 1.82) is 0 Å². The van der Waals surface area contributed by atoms with Gasteiger partial charge in [-0.05, 0) is 19.3 Å². The fourth-order valence-electron chi connectivity index (χ4n) is 3.30. The van der Waals surface area contributed by atoms with Gasteiger partial charge in [-0.2, -0.15) is 15.0 Å². The molecule has 0 aliphatic heterocycles. The predicted molar refractivity (Wildman–Crippen MR) is 119 cm³/mol. The lowest BCUT2D eigenvalue weighted by atomic mass is 9.97. The molecular weight excluding hydrogens is 384 g/mol. The van der Waals surface area contributed by atoms with Crippen LogP contribution in [0.25, 0.3) is 0 Å². The SMILES string of the molecule is CCCCOc1nc(NCCOCCOCCN)nc(NC2CCCCCCC2)n1. The number of rotatable bonds is 15. The molecule has 1 aliphatic carbocycles. The number of unbranched alkanes of at least 4 members (excludes halogenated alkanes) is 1. The first-order chi connectivity index (χ1) is 14.8. The number of hydrogen-bond donors (Lipinski definition) is 3. The third-order valence-electron chi connectivity index (χ3n) is 4.95. The lowest BCUT2D eigenvalue weighted by molar-refractivity contribution is 0.0547. The predicted octanol–water partition coefficient (Wildman–Crippen LogP) is 2.98. The summed E-state index contributed by atoms with van der Waals surface area (Å²) in [7, 11) is 0. The van der Waals surface area contributed by atoms with Gasteiger partial charge in [0, 0.05) is 19.1 Å². The smallest absolute Gasteiger partial charge is 0.323 e. The van der Waals surface area contributed by atoms with Crippen LogP contribution in [-0.4, -0.2) is 67.1 Å². The molecule has 1 aromatic heterocycles. The Morgan fingerprint density at radius 3 is 2.30 bits per heavy atom. The second-order valence-electron chi connectivity index (χ2n) is 7.59. The number of hydrogen-bond acceptors (Lipinski definition) is 9. The molecule has 0 unspecified atom stereocenters. The standard InChI is InChI=1S/C21H40N6O3/c1-2-3-13-30-21-26-19(23-12-15-29-17-16-28-14-11-22)25-20(27-21)24-18-9-7-5-4-6-8-10-18/h18H,2-17,22H2,1H3,(H2,23,24,25,26,27). The van der Waals surface area contributed by atoms with E-state index in [2.05, 4.69) is 32.5 Å². The van der Waals surface area contributed by atoms with Crippen LogP contribution >= 0.6 is 0 Å². The quantitative estimate of drug-likeness (QED) is 0.365. The molecule has 1 saturated carbocycles. The average molecular weight is 425 g/mol. The van der Waals surface area contributed by atoms with Gasteiger partial charge < -0.3 is 30.6 Å². The maximum Gasteiger partial charge on any atom is 0.323 e. The number of nitrogens with zero attached hydrogens (tertiary/aromatic N) is 3. The maximum atomic E-state index is 5.74. The minimum absolute atomic E-state index is 0.366. The Labute approximate surface area is 180 Å². The van der Waals surface area contributed by atoms with Gasteiger partial charge in [-0.25, -0.2) is 0 Å². The number of nitrogens with one attached hydrogen (secondary N) is 2. The van der Waals surface area contributed by atoms with Gasteiger partial charge in [-0.15, -0.1) is 0 Å². The third kappa shape index (κ3) is 10.9. The van der Waals surface area contributed by atoms with Gasteiger partial charge in [0.25, 0.3) is 0 Å². The molecule has 1 fully saturated rings. The van der Waals surface area contributed by atoms with Crippen molar-refractivity contribution in [2.45, 2.75) is 70.8 Å². The summed E-state index contributed by atoms with van der Waals surface area (Å²) in [5.41, 5.74) is 5.38. The minimum atomic E-state index is 0.366. The molecule has 9 nitrogen and oxygen atoms in total. The van der Waals surface area contributed by atoms with Crippen molar-refractivity contribution in [1.82, 2.24) is 15.0 Å². The van der Waals surface area contributed by atoms with E-state index in [4.69, 9.17) is 19.9 Å². The number of ether oxygens (including phenoxy) is 3. The number of nitrogens with two attached hydrogens (primary N) is 1. The van der Waals surface area contributed by atoms with Crippen LogP contribution in [0.3, 0.4) is 0 Å². The summed E-state index contributed by atoms with van der Waals surface area (Å²) in [6.45, 7) is 6.05. The van der Waals surface area contributed by atoms with E-state index in [0.717, 1.165) is 25.7 Å². The van der Waals surface area contributed by atoms with Gasteiger partial charge in [-0.1, -0.05) is 45.4 Å². The third-order valence-corrected chi connectivity index (χ3v) is 4.95. The van der Waals surface area contributed by atoms with Crippen molar-refractivity contribution in [3.8, 4) is 6.01 Å². The summed E-state index contributed by atoms with van der Waals surface area (Å²) in [4.78, 5) is 13.4. The number of aromatic nitrogens is 3. The second-order valence-corrected chi connectivity index (χ2v) is 7.59. The Balaban J connectivity index is 1.86. The molecule has 9 heteroatoms. The van der Waals surface area contributed by atoms with Crippen molar-refractivity contribution in [3.63, 3.8) is 0 Å². The summed E-state index contributed by atoms with van der Waals surface area (Å²) < 4.78 is 16.6. The molecule has 172 valence electrons. The Morgan fingerprint density at radius 2 is 1.57 bits per heavy atom. The summed E-state index contributed by atoms with van der Waals surface area (Å²) in [6, 6.07) is 0.770. The molecule has 1 heterocycles. The summed E-state index contributed by atoms with van der Waals surface area (Å²) in [6.07, 6.45) is 10.8. The zero-order chi connectivity index (χ0) is 21.3. The maximum absolute atomic E-state index is 5.74. The first-order valence-electron chi connectivity index (χ1n) is 11.6. The summed E-state index contributed by atoms with van der Waals surface area (Å²) >= 11 is 0. The Bertz CT molecular complexity index is 556. The molecule has 0 amide bonds. The Hall–Kier alpha value is -1.71. The zero-order valence-corrected chi connectivity index (χ0v) is 18.5. The van der Waals surface area contributed by atoms with Gasteiger partial charge >= 0.3 is 6.01 Å². The molecule has 1 aliphatic rings. The van der Waals surface area contributed by atoms with Crippen molar-refractivity contribution in [3.05, 3.63) is 0 Å². The minimum Gasteiger partial charge on any atom is -0.463 e. The van der Waals surface area contributed by atoms with E-state index in [9.17, 15) is 0 Å². The lowest BCUT2D eigenvalue weighted by Crippen LogP contribution is -2.23. The average Bonchev–Trinajstić information content (AvgIpc) is 2.72. The van der Waals surface area contributed by atoms with Crippen molar-refractivity contribution in [2.75, 3.05) is 56.8 Å². The molecule has 4 N–H and O–H groups in total. The highest BCUT2D eigenvalue weighted by Crippen LogP contribution is 2.20. The highest BCUT2D eigenvalue weighted by atomic mass is 16.5. The fraction of sp³-hybridized carbons (Fsp3) is 0.857. The highest BCUT2D eigenvalue weighted by Gasteiger charge is 2.14. The fourth-order valence-corrected chi connectivity index (χ4v) is 3.30. The molecular formula is C21H40N6O3. The largest absolute Gasteiger partial charge is 0.463 e. The molecule has 0 bridgehead atoms. The molecule has 2 rings (SSSR count). The van der Waals surface area contributed by atoms with E-state index in [1.54, 1.807) is 0 Å². The number of anilines is 2. The Kier molecular flexibility index (Phi) is 13.1. The van der Waals surface area contributed by atoms with Crippen LogP contribution in [0.15, 0.2) is 0 Å². The summed E-state index contributed by atoms with van der Waals surface area (Å²) in [5.74, 6) is 1.09. The van der Waals surface area contributed by atoms with Crippen molar-refractivity contribution < 1.29 is 14.2 Å². The highest BCUT2D eigenvalue weighted by molar-refractivity contribution is 5.36.